The monoisotopic (exact) mass is 570 g/mol. The molecule has 10 heteroatoms. The van der Waals surface area contributed by atoms with Crippen LogP contribution in [-0.2, 0) is 0 Å². The van der Waals surface area contributed by atoms with Gasteiger partial charge in [0.2, 0.25) is 0 Å². The molecule has 214 valence electrons. The third kappa shape index (κ3) is 4.87. The lowest BCUT2D eigenvalue weighted by atomic mass is 9.95. The number of carbonyl (C=O) groups excluding carboxylic acids is 2. The summed E-state index contributed by atoms with van der Waals surface area (Å²) in [5.41, 5.74) is 1.54. The molecule has 2 heterocycles. The molecule has 6 rings (SSSR count). The van der Waals surface area contributed by atoms with Crippen molar-refractivity contribution in [3.63, 3.8) is 0 Å². The van der Waals surface area contributed by atoms with Gasteiger partial charge in [-0.3, -0.25) is 9.59 Å². The molecule has 0 unspecified atom stereocenters. The molecule has 0 bridgehead atoms. The normalized spacial score (nSPS) is 17.4. The molecule has 0 saturated carbocycles. The van der Waals surface area contributed by atoms with Crippen LogP contribution in [0.4, 0.5) is 0 Å². The summed E-state index contributed by atoms with van der Waals surface area (Å²) in [6.45, 7) is 0. The van der Waals surface area contributed by atoms with Gasteiger partial charge in [0.15, 0.2) is 23.1 Å². The number of phenolic OH excluding ortho intramolecular Hbond substituents is 3. The zero-order valence-electron chi connectivity index (χ0n) is 22.6. The standard InChI is InChI=1S/C32H26O10/c1-38-19-10-22(34)31-24(36)14-26(41-29(31)12-19)16-3-6-18(7-4-16)40-28-9-17(5-8-21(28)33)27-15-25(37)32-23(35)11-20(39-2)13-30(32)42-27/h3-13,26-27,33-35H,14-15H2,1-2H3/t26-,27+/m1/s1. The van der Waals surface area contributed by atoms with Crippen LogP contribution in [0, 0.1) is 0 Å². The molecule has 42 heavy (non-hydrogen) atoms. The molecule has 2 aliphatic rings. The van der Waals surface area contributed by atoms with Gasteiger partial charge in [-0.05, 0) is 35.4 Å². The molecular formula is C32H26O10. The van der Waals surface area contributed by atoms with Crippen LogP contribution in [-0.4, -0.2) is 41.1 Å². The molecule has 0 radical (unpaired) electrons. The van der Waals surface area contributed by atoms with Crippen molar-refractivity contribution in [2.75, 3.05) is 14.2 Å². The predicted molar refractivity (Wildman–Crippen MR) is 149 cm³/mol. The first-order chi connectivity index (χ1) is 20.2. The van der Waals surface area contributed by atoms with Crippen molar-refractivity contribution >= 4 is 11.6 Å². The first kappa shape index (κ1) is 26.8. The number of methoxy groups -OCH3 is 2. The minimum absolute atomic E-state index is 0.0152. The summed E-state index contributed by atoms with van der Waals surface area (Å²) in [6.07, 6.45) is -1.23. The Bertz CT molecular complexity index is 1710. The van der Waals surface area contributed by atoms with E-state index in [1.54, 1.807) is 48.5 Å². The van der Waals surface area contributed by atoms with Gasteiger partial charge < -0.3 is 39.0 Å². The first-order valence-electron chi connectivity index (χ1n) is 13.1. The SMILES string of the molecule is COc1cc(O)c2c(c1)O[C@H](c1ccc(O)c(Oc3ccc([C@H]4CC(=O)c5c(O)cc(OC)cc5O4)cc3)c1)CC2=O. The third-order valence-electron chi connectivity index (χ3n) is 7.25. The topological polar surface area (TPSA) is 141 Å². The van der Waals surface area contributed by atoms with E-state index < -0.39 is 12.2 Å². The molecule has 2 aliphatic heterocycles. The Labute approximate surface area is 240 Å². The summed E-state index contributed by atoms with van der Waals surface area (Å²) < 4.78 is 28.4. The minimum Gasteiger partial charge on any atom is -0.507 e. The number of aromatic hydroxyl groups is 3. The van der Waals surface area contributed by atoms with Gasteiger partial charge in [-0.25, -0.2) is 0 Å². The van der Waals surface area contributed by atoms with E-state index in [-0.39, 0.29) is 70.0 Å². The highest BCUT2D eigenvalue weighted by Gasteiger charge is 2.32. The van der Waals surface area contributed by atoms with Crippen LogP contribution in [0.2, 0.25) is 0 Å². The minimum atomic E-state index is -0.677. The molecule has 10 nitrogen and oxygen atoms in total. The number of benzene rings is 4. The molecule has 0 spiro atoms. The van der Waals surface area contributed by atoms with Crippen molar-refractivity contribution in [1.29, 1.82) is 0 Å². The lowest BCUT2D eigenvalue weighted by molar-refractivity contribution is 0.0834. The summed E-state index contributed by atoms with van der Waals surface area (Å²) in [5, 5.41) is 31.0. The molecule has 4 aromatic rings. The largest absolute Gasteiger partial charge is 0.507 e. The van der Waals surface area contributed by atoms with Gasteiger partial charge in [-0.1, -0.05) is 18.2 Å². The number of ether oxygens (including phenoxy) is 5. The zero-order valence-corrected chi connectivity index (χ0v) is 22.6. The van der Waals surface area contributed by atoms with Gasteiger partial charge in [0, 0.05) is 24.3 Å². The van der Waals surface area contributed by atoms with Crippen LogP contribution < -0.4 is 23.7 Å². The van der Waals surface area contributed by atoms with Crippen molar-refractivity contribution in [3.05, 3.63) is 89.0 Å². The van der Waals surface area contributed by atoms with E-state index >= 15 is 0 Å². The molecule has 2 atom stereocenters. The van der Waals surface area contributed by atoms with E-state index in [1.807, 2.05) is 0 Å². The maximum absolute atomic E-state index is 12.8. The second-order valence-electron chi connectivity index (χ2n) is 9.91. The second-order valence-corrected chi connectivity index (χ2v) is 9.91. The first-order valence-corrected chi connectivity index (χ1v) is 13.1. The lowest BCUT2D eigenvalue weighted by Gasteiger charge is -2.27. The average Bonchev–Trinajstić information content (AvgIpc) is 2.97. The third-order valence-corrected chi connectivity index (χ3v) is 7.25. The summed E-state index contributed by atoms with van der Waals surface area (Å²) >= 11 is 0. The summed E-state index contributed by atoms with van der Waals surface area (Å²) in [5.74, 6) is 0.684. The highest BCUT2D eigenvalue weighted by Crippen LogP contribution is 2.44. The molecule has 0 fully saturated rings. The van der Waals surface area contributed by atoms with E-state index in [4.69, 9.17) is 23.7 Å². The number of Topliss-reactive ketones (excluding diaryl/α,β-unsaturated/α-hetero) is 2. The number of hydrogen-bond acceptors (Lipinski definition) is 10. The molecule has 0 aromatic heterocycles. The Morgan fingerprint density at radius 1 is 0.619 bits per heavy atom. The van der Waals surface area contributed by atoms with E-state index in [0.717, 1.165) is 0 Å². The Kier molecular flexibility index (Phi) is 6.74. The summed E-state index contributed by atoms with van der Waals surface area (Å²) in [6, 6.07) is 17.4. The fourth-order valence-electron chi connectivity index (χ4n) is 5.13. The smallest absolute Gasteiger partial charge is 0.174 e. The number of phenols is 3. The maximum atomic E-state index is 12.8. The fourth-order valence-corrected chi connectivity index (χ4v) is 5.13. The average molecular weight is 571 g/mol. The maximum Gasteiger partial charge on any atom is 0.174 e. The number of rotatable bonds is 6. The number of ketones is 2. The van der Waals surface area contributed by atoms with Gasteiger partial charge >= 0.3 is 0 Å². The van der Waals surface area contributed by atoms with Crippen molar-refractivity contribution in [1.82, 2.24) is 0 Å². The predicted octanol–water partition coefficient (Wildman–Crippen LogP) is 6.03. The van der Waals surface area contributed by atoms with E-state index in [2.05, 4.69) is 0 Å². The number of carbonyl (C=O) groups is 2. The van der Waals surface area contributed by atoms with Gasteiger partial charge in [0.05, 0.1) is 27.1 Å². The number of hydrogen-bond donors (Lipinski definition) is 3. The summed E-state index contributed by atoms with van der Waals surface area (Å²) in [4.78, 5) is 25.6. The highest BCUT2D eigenvalue weighted by atomic mass is 16.5. The molecule has 0 aliphatic carbocycles. The fraction of sp³-hybridized carbons (Fsp3) is 0.188. The molecule has 3 N–H and O–H groups in total. The van der Waals surface area contributed by atoms with Crippen LogP contribution in [0.1, 0.15) is 56.9 Å². The lowest BCUT2D eigenvalue weighted by Crippen LogP contribution is -2.20. The van der Waals surface area contributed by atoms with Gasteiger partial charge in [0.1, 0.15) is 63.6 Å². The molecule has 0 amide bonds. The highest BCUT2D eigenvalue weighted by molar-refractivity contribution is 6.03. The Balaban J connectivity index is 1.20. The Morgan fingerprint density at radius 2 is 1.12 bits per heavy atom. The summed E-state index contributed by atoms with van der Waals surface area (Å²) in [7, 11) is 2.91. The molecular weight excluding hydrogens is 544 g/mol. The van der Waals surface area contributed by atoms with Crippen LogP contribution in [0.5, 0.6) is 51.7 Å². The van der Waals surface area contributed by atoms with Gasteiger partial charge in [-0.15, -0.1) is 0 Å². The van der Waals surface area contributed by atoms with E-state index in [1.165, 1.54) is 32.4 Å². The van der Waals surface area contributed by atoms with Gasteiger partial charge in [-0.2, -0.15) is 0 Å². The van der Waals surface area contributed by atoms with Crippen LogP contribution in [0.3, 0.4) is 0 Å². The number of fused-ring (bicyclic) bond motifs is 2. The van der Waals surface area contributed by atoms with Crippen molar-refractivity contribution in [2.24, 2.45) is 0 Å². The van der Waals surface area contributed by atoms with Gasteiger partial charge in [0.25, 0.3) is 0 Å². The Hall–Kier alpha value is -5.38. The van der Waals surface area contributed by atoms with Crippen molar-refractivity contribution in [3.8, 4) is 51.7 Å². The second kappa shape index (κ2) is 10.5. The van der Waals surface area contributed by atoms with Crippen LogP contribution >= 0.6 is 0 Å². The van der Waals surface area contributed by atoms with E-state index in [0.29, 0.717) is 28.4 Å². The Morgan fingerprint density at radius 3 is 1.64 bits per heavy atom. The van der Waals surface area contributed by atoms with Crippen LogP contribution in [0.15, 0.2) is 66.7 Å². The van der Waals surface area contributed by atoms with E-state index in [9.17, 15) is 24.9 Å². The van der Waals surface area contributed by atoms with Crippen molar-refractivity contribution in [2.45, 2.75) is 25.0 Å². The zero-order chi connectivity index (χ0) is 29.5. The quantitative estimate of drug-likeness (QED) is 0.252. The molecule has 4 aromatic carbocycles. The molecule has 0 saturated heterocycles. The van der Waals surface area contributed by atoms with Crippen LogP contribution in [0.25, 0.3) is 0 Å². The van der Waals surface area contributed by atoms with Crippen molar-refractivity contribution < 1.29 is 48.6 Å².